The molecule has 0 saturated carbocycles. The summed E-state index contributed by atoms with van der Waals surface area (Å²) >= 11 is 0. The smallest absolute Gasteiger partial charge is 0.354 e. The molecule has 0 saturated heterocycles. The Balaban J connectivity index is 2.48. The summed E-state index contributed by atoms with van der Waals surface area (Å²) in [5.74, 6) is -1.59. The summed E-state index contributed by atoms with van der Waals surface area (Å²) < 4.78 is 4.95. The van der Waals surface area contributed by atoms with Gasteiger partial charge in [-0.2, -0.15) is 5.10 Å². The maximum absolute atomic E-state index is 11.9. The molecule has 1 aromatic carbocycles. The third kappa shape index (κ3) is 2.68. The van der Waals surface area contributed by atoms with Gasteiger partial charge in [0.2, 0.25) is 0 Å². The average Bonchev–Trinajstić information content (AvgIpc) is 2.87. The van der Waals surface area contributed by atoms with E-state index in [1.54, 1.807) is 13.8 Å². The molecule has 6 heteroatoms. The molecule has 1 aliphatic rings. The second-order valence-electron chi connectivity index (χ2n) is 5.32. The van der Waals surface area contributed by atoms with Crippen LogP contribution in [0.1, 0.15) is 32.8 Å². The number of anilines is 1. The van der Waals surface area contributed by atoms with Crippen LogP contribution >= 0.6 is 0 Å². The Bertz CT molecular complexity index is 626. The highest BCUT2D eigenvalue weighted by Crippen LogP contribution is 2.35. The Morgan fingerprint density at radius 3 is 2.64 bits per heavy atom. The number of esters is 1. The third-order valence-electron chi connectivity index (χ3n) is 3.77. The Kier molecular flexibility index (Phi) is 4.49. The number of carbonyl (C=O) groups is 2. The van der Waals surface area contributed by atoms with Crippen LogP contribution in [0.5, 0.6) is 0 Å². The number of ether oxygens (including phenoxy) is 1. The Labute approximate surface area is 129 Å². The lowest BCUT2D eigenvalue weighted by molar-refractivity contribution is -0.142. The van der Waals surface area contributed by atoms with Crippen LogP contribution in [-0.2, 0) is 20.7 Å². The van der Waals surface area contributed by atoms with Gasteiger partial charge in [0.25, 0.3) is 0 Å². The minimum atomic E-state index is -1.30. The molecular weight excluding hydrogens is 284 g/mol. The highest BCUT2D eigenvalue weighted by atomic mass is 16.5. The summed E-state index contributed by atoms with van der Waals surface area (Å²) in [4.78, 5) is 23.7. The maximum atomic E-state index is 11.9. The molecule has 0 bridgehead atoms. The lowest BCUT2D eigenvalue weighted by Gasteiger charge is -2.31. The molecule has 0 radical (unpaired) electrons. The second-order valence-corrected chi connectivity index (χ2v) is 5.32. The van der Waals surface area contributed by atoms with Crippen molar-refractivity contribution in [1.29, 1.82) is 0 Å². The molecule has 1 atom stereocenters. The van der Waals surface area contributed by atoms with Crippen molar-refractivity contribution in [2.75, 3.05) is 11.6 Å². The summed E-state index contributed by atoms with van der Waals surface area (Å²) in [5.41, 5.74) is 0.517. The van der Waals surface area contributed by atoms with Crippen LogP contribution in [0, 0.1) is 0 Å². The zero-order chi connectivity index (χ0) is 16.3. The zero-order valence-corrected chi connectivity index (χ0v) is 13.0. The van der Waals surface area contributed by atoms with Crippen LogP contribution in [0.15, 0.2) is 29.4 Å². The number of benzene rings is 1. The number of nitrogens with zero attached hydrogens (tertiary/aromatic N) is 2. The standard InChI is InChI=1S/C16H20N2O4/c1-4-11-8-6-7-9-13(11)18-16(3,15(20)21)10-12(17-18)14(19)22-5-2/h6-9H,4-5,10H2,1-3H3,(H,20,21)/t16-/m1/s1. The van der Waals surface area contributed by atoms with Crippen molar-refractivity contribution in [2.45, 2.75) is 39.2 Å². The van der Waals surface area contributed by atoms with Gasteiger partial charge in [0.05, 0.1) is 12.3 Å². The van der Waals surface area contributed by atoms with Crippen molar-refractivity contribution < 1.29 is 19.4 Å². The monoisotopic (exact) mass is 304 g/mol. The molecule has 6 nitrogen and oxygen atoms in total. The van der Waals surface area contributed by atoms with E-state index < -0.39 is 17.5 Å². The molecule has 1 N–H and O–H groups in total. The zero-order valence-electron chi connectivity index (χ0n) is 13.0. The van der Waals surface area contributed by atoms with Crippen molar-refractivity contribution in [2.24, 2.45) is 5.10 Å². The van der Waals surface area contributed by atoms with E-state index in [-0.39, 0.29) is 18.7 Å². The Morgan fingerprint density at radius 1 is 1.36 bits per heavy atom. The number of aryl methyl sites for hydroxylation is 1. The molecule has 1 aliphatic heterocycles. The van der Waals surface area contributed by atoms with Gasteiger partial charge in [-0.25, -0.2) is 14.6 Å². The first-order valence-electron chi connectivity index (χ1n) is 7.30. The second kappa shape index (κ2) is 6.17. The highest BCUT2D eigenvalue weighted by Gasteiger charge is 2.48. The molecule has 0 aromatic heterocycles. The molecule has 1 aromatic rings. The van der Waals surface area contributed by atoms with Crippen molar-refractivity contribution in [3.05, 3.63) is 29.8 Å². The van der Waals surface area contributed by atoms with Crippen molar-refractivity contribution in [1.82, 2.24) is 0 Å². The third-order valence-corrected chi connectivity index (χ3v) is 3.77. The molecule has 0 spiro atoms. The summed E-state index contributed by atoms with van der Waals surface area (Å²) in [6.07, 6.45) is 0.756. The Morgan fingerprint density at radius 2 is 2.05 bits per heavy atom. The van der Waals surface area contributed by atoms with E-state index in [1.807, 2.05) is 31.2 Å². The van der Waals surface area contributed by atoms with Gasteiger partial charge < -0.3 is 9.84 Å². The molecule has 22 heavy (non-hydrogen) atoms. The molecule has 0 amide bonds. The van der Waals surface area contributed by atoms with E-state index in [0.717, 1.165) is 12.0 Å². The average molecular weight is 304 g/mol. The minimum absolute atomic E-state index is 0.0131. The number of carboxylic acid groups (broad SMARTS) is 1. The number of para-hydroxylation sites is 1. The number of carboxylic acids is 1. The van der Waals surface area contributed by atoms with Crippen molar-refractivity contribution in [3.63, 3.8) is 0 Å². The van der Waals surface area contributed by atoms with Gasteiger partial charge in [-0.3, -0.25) is 0 Å². The van der Waals surface area contributed by atoms with E-state index in [9.17, 15) is 14.7 Å². The van der Waals surface area contributed by atoms with Crippen LogP contribution in [0.2, 0.25) is 0 Å². The molecular formula is C16H20N2O4. The molecule has 0 unspecified atom stereocenters. The topological polar surface area (TPSA) is 79.2 Å². The maximum Gasteiger partial charge on any atom is 0.354 e. The molecule has 1 heterocycles. The molecule has 0 aliphatic carbocycles. The van der Waals surface area contributed by atoms with Gasteiger partial charge in [0.15, 0.2) is 5.54 Å². The predicted molar refractivity (Wildman–Crippen MR) is 83.0 cm³/mol. The minimum Gasteiger partial charge on any atom is -0.479 e. The molecule has 2 rings (SSSR count). The number of hydrazone groups is 1. The SMILES string of the molecule is CCOC(=O)C1=NN(c2ccccc2CC)[C@@](C)(C(=O)O)C1. The van der Waals surface area contributed by atoms with Gasteiger partial charge in [-0.05, 0) is 31.9 Å². The first-order chi connectivity index (χ1) is 10.4. The number of hydrogen-bond donors (Lipinski definition) is 1. The van der Waals surface area contributed by atoms with E-state index in [0.29, 0.717) is 5.69 Å². The van der Waals surface area contributed by atoms with Gasteiger partial charge >= 0.3 is 11.9 Å². The van der Waals surface area contributed by atoms with E-state index in [1.165, 1.54) is 5.01 Å². The van der Waals surface area contributed by atoms with Gasteiger partial charge in [-0.15, -0.1) is 0 Å². The number of aliphatic carboxylic acids is 1. The van der Waals surface area contributed by atoms with Gasteiger partial charge in [0, 0.05) is 6.42 Å². The fourth-order valence-electron chi connectivity index (χ4n) is 2.50. The van der Waals surface area contributed by atoms with Gasteiger partial charge in [-0.1, -0.05) is 25.1 Å². The van der Waals surface area contributed by atoms with Crippen LogP contribution < -0.4 is 5.01 Å². The largest absolute Gasteiger partial charge is 0.479 e. The number of hydrogen-bond acceptors (Lipinski definition) is 5. The number of carbonyl (C=O) groups excluding carboxylic acids is 1. The van der Waals surface area contributed by atoms with E-state index in [4.69, 9.17) is 4.74 Å². The predicted octanol–water partition coefficient (Wildman–Crippen LogP) is 2.22. The lowest BCUT2D eigenvalue weighted by Crippen LogP contribution is -2.47. The van der Waals surface area contributed by atoms with Crippen LogP contribution in [0.4, 0.5) is 5.69 Å². The van der Waals surface area contributed by atoms with Crippen LogP contribution in [0.3, 0.4) is 0 Å². The first kappa shape index (κ1) is 16.0. The fourth-order valence-corrected chi connectivity index (χ4v) is 2.50. The Hall–Kier alpha value is -2.37. The summed E-state index contributed by atoms with van der Waals surface area (Å²) in [6.45, 7) is 5.49. The quantitative estimate of drug-likeness (QED) is 0.844. The van der Waals surface area contributed by atoms with Crippen molar-refractivity contribution in [3.8, 4) is 0 Å². The molecule has 0 fully saturated rings. The normalized spacial score (nSPS) is 20.7. The molecule has 118 valence electrons. The highest BCUT2D eigenvalue weighted by molar-refractivity contribution is 6.38. The van der Waals surface area contributed by atoms with Crippen molar-refractivity contribution >= 4 is 23.3 Å². The lowest BCUT2D eigenvalue weighted by atomic mass is 9.94. The van der Waals surface area contributed by atoms with Gasteiger partial charge in [0.1, 0.15) is 5.71 Å². The number of rotatable bonds is 5. The van der Waals surface area contributed by atoms with E-state index in [2.05, 4.69) is 5.10 Å². The van der Waals surface area contributed by atoms with E-state index >= 15 is 0 Å². The van der Waals surface area contributed by atoms with Crippen LogP contribution in [-0.4, -0.2) is 34.9 Å². The van der Waals surface area contributed by atoms with Crippen LogP contribution in [0.25, 0.3) is 0 Å². The fraction of sp³-hybridized carbons (Fsp3) is 0.438. The summed E-state index contributed by atoms with van der Waals surface area (Å²) in [5, 5.41) is 15.3. The summed E-state index contributed by atoms with van der Waals surface area (Å²) in [7, 11) is 0. The summed E-state index contributed by atoms with van der Waals surface area (Å²) in [6, 6.07) is 7.47. The first-order valence-corrected chi connectivity index (χ1v) is 7.30.